The highest BCUT2D eigenvalue weighted by molar-refractivity contribution is 7.99. The predicted octanol–water partition coefficient (Wildman–Crippen LogP) is 4.81. The van der Waals surface area contributed by atoms with Gasteiger partial charge in [-0.2, -0.15) is 0 Å². The molecule has 1 amide bonds. The Balaban J connectivity index is 1.66. The van der Waals surface area contributed by atoms with Gasteiger partial charge in [-0.05, 0) is 36.2 Å². The van der Waals surface area contributed by atoms with E-state index in [-0.39, 0.29) is 11.7 Å². The van der Waals surface area contributed by atoms with Crippen molar-refractivity contribution in [3.05, 3.63) is 58.3 Å². The number of benzene rings is 1. The van der Waals surface area contributed by atoms with E-state index in [9.17, 15) is 4.79 Å². The van der Waals surface area contributed by atoms with Crippen LogP contribution in [-0.2, 0) is 17.9 Å². The Kier molecular flexibility index (Phi) is 7.52. The maximum absolute atomic E-state index is 12.6. The molecule has 3 aromatic rings. The summed E-state index contributed by atoms with van der Waals surface area (Å²) in [7, 11) is 1.77. The molecule has 2 aromatic heterocycles. The SMILES string of the molecule is CCCn1c(SCC(=O)N(C)Cc2ccc(Cl)c(Cl)c2)nnc1-c1ccncc1. The molecule has 6 nitrogen and oxygen atoms in total. The molecule has 0 unspecified atom stereocenters. The van der Waals surface area contributed by atoms with Crippen LogP contribution in [0.15, 0.2) is 47.9 Å². The van der Waals surface area contributed by atoms with Gasteiger partial charge < -0.3 is 9.47 Å². The fraction of sp³-hybridized carbons (Fsp3) is 0.300. The third kappa shape index (κ3) is 5.50. The molecule has 0 spiro atoms. The summed E-state index contributed by atoms with van der Waals surface area (Å²) in [5.41, 5.74) is 1.88. The molecule has 0 bridgehead atoms. The fourth-order valence-electron chi connectivity index (χ4n) is 2.77. The Bertz CT molecular complexity index is 980. The zero-order valence-electron chi connectivity index (χ0n) is 16.2. The highest BCUT2D eigenvalue weighted by Gasteiger charge is 2.17. The van der Waals surface area contributed by atoms with Gasteiger partial charge in [0.05, 0.1) is 15.8 Å². The summed E-state index contributed by atoms with van der Waals surface area (Å²) in [5.74, 6) is 1.06. The quantitative estimate of drug-likeness (QED) is 0.461. The molecule has 0 radical (unpaired) electrons. The van der Waals surface area contributed by atoms with E-state index in [0.717, 1.165) is 35.1 Å². The topological polar surface area (TPSA) is 63.9 Å². The lowest BCUT2D eigenvalue weighted by Crippen LogP contribution is -2.27. The minimum absolute atomic E-state index is 0.00224. The smallest absolute Gasteiger partial charge is 0.233 e. The number of carbonyl (C=O) groups excluding carboxylic acids is 1. The van der Waals surface area contributed by atoms with Crippen molar-refractivity contribution in [1.29, 1.82) is 0 Å². The van der Waals surface area contributed by atoms with E-state index >= 15 is 0 Å². The number of halogens is 2. The summed E-state index contributed by atoms with van der Waals surface area (Å²) in [6.07, 6.45) is 4.40. The monoisotopic (exact) mass is 449 g/mol. The third-order valence-corrected chi connectivity index (χ3v) is 5.95. The highest BCUT2D eigenvalue weighted by atomic mass is 35.5. The number of hydrogen-bond acceptors (Lipinski definition) is 5. The first-order valence-electron chi connectivity index (χ1n) is 9.14. The van der Waals surface area contributed by atoms with Gasteiger partial charge in [0, 0.05) is 38.1 Å². The van der Waals surface area contributed by atoms with Crippen molar-refractivity contribution in [2.24, 2.45) is 0 Å². The molecule has 0 saturated carbocycles. The third-order valence-electron chi connectivity index (χ3n) is 4.26. The second-order valence-electron chi connectivity index (χ2n) is 6.48. The minimum atomic E-state index is -0.00224. The van der Waals surface area contributed by atoms with E-state index in [0.29, 0.717) is 16.6 Å². The molecule has 9 heteroatoms. The molecule has 152 valence electrons. The first-order valence-corrected chi connectivity index (χ1v) is 10.9. The largest absolute Gasteiger partial charge is 0.341 e. The number of nitrogens with zero attached hydrogens (tertiary/aromatic N) is 5. The molecular weight excluding hydrogens is 429 g/mol. The summed E-state index contributed by atoms with van der Waals surface area (Å²) in [6, 6.07) is 9.19. The van der Waals surface area contributed by atoms with Crippen LogP contribution in [0, 0.1) is 0 Å². The lowest BCUT2D eigenvalue weighted by molar-refractivity contribution is -0.127. The summed E-state index contributed by atoms with van der Waals surface area (Å²) >= 11 is 13.4. The van der Waals surface area contributed by atoms with Crippen molar-refractivity contribution in [3.8, 4) is 11.4 Å². The molecule has 0 aliphatic heterocycles. The number of rotatable bonds is 8. The lowest BCUT2D eigenvalue weighted by Gasteiger charge is -2.17. The number of hydrogen-bond donors (Lipinski definition) is 0. The maximum Gasteiger partial charge on any atom is 0.233 e. The van der Waals surface area contributed by atoms with E-state index in [1.165, 1.54) is 11.8 Å². The molecule has 0 aliphatic rings. The van der Waals surface area contributed by atoms with Gasteiger partial charge >= 0.3 is 0 Å². The number of amides is 1. The Hall–Kier alpha value is -2.09. The lowest BCUT2D eigenvalue weighted by atomic mass is 10.2. The summed E-state index contributed by atoms with van der Waals surface area (Å²) in [5, 5.41) is 10.3. The van der Waals surface area contributed by atoms with Gasteiger partial charge in [-0.3, -0.25) is 9.78 Å². The van der Waals surface area contributed by atoms with Crippen molar-refractivity contribution in [1.82, 2.24) is 24.6 Å². The summed E-state index contributed by atoms with van der Waals surface area (Å²) in [6.45, 7) is 3.33. The zero-order chi connectivity index (χ0) is 20.8. The van der Waals surface area contributed by atoms with Gasteiger partial charge in [0.15, 0.2) is 11.0 Å². The summed E-state index contributed by atoms with van der Waals surface area (Å²) in [4.78, 5) is 18.3. The minimum Gasteiger partial charge on any atom is -0.341 e. The molecular formula is C20H21Cl2N5OS. The molecule has 0 atom stereocenters. The zero-order valence-corrected chi connectivity index (χ0v) is 18.5. The van der Waals surface area contributed by atoms with Crippen LogP contribution in [-0.4, -0.2) is 43.4 Å². The van der Waals surface area contributed by atoms with Crippen LogP contribution in [0.4, 0.5) is 0 Å². The molecule has 29 heavy (non-hydrogen) atoms. The highest BCUT2D eigenvalue weighted by Crippen LogP contribution is 2.25. The van der Waals surface area contributed by atoms with Crippen LogP contribution in [0.3, 0.4) is 0 Å². The van der Waals surface area contributed by atoms with Crippen LogP contribution < -0.4 is 0 Å². The van der Waals surface area contributed by atoms with E-state index in [1.807, 2.05) is 22.8 Å². The van der Waals surface area contributed by atoms with Crippen molar-refractivity contribution in [2.75, 3.05) is 12.8 Å². The average Bonchev–Trinajstić information content (AvgIpc) is 3.12. The molecule has 3 rings (SSSR count). The predicted molar refractivity (Wildman–Crippen MR) is 117 cm³/mol. The first kappa shape index (κ1) is 21.6. The van der Waals surface area contributed by atoms with Gasteiger partial charge in [0.25, 0.3) is 0 Å². The molecule has 0 saturated heterocycles. The number of carbonyl (C=O) groups is 1. The Morgan fingerprint density at radius 1 is 1.14 bits per heavy atom. The maximum atomic E-state index is 12.6. The Labute approximate surface area is 184 Å². The van der Waals surface area contributed by atoms with Crippen molar-refractivity contribution < 1.29 is 4.79 Å². The van der Waals surface area contributed by atoms with Gasteiger partial charge in [0.1, 0.15) is 0 Å². The van der Waals surface area contributed by atoms with Crippen molar-refractivity contribution in [3.63, 3.8) is 0 Å². The van der Waals surface area contributed by atoms with Crippen molar-refractivity contribution in [2.45, 2.75) is 31.6 Å². The van der Waals surface area contributed by atoms with Gasteiger partial charge in [-0.1, -0.05) is 48.0 Å². The molecule has 0 aliphatic carbocycles. The van der Waals surface area contributed by atoms with E-state index in [4.69, 9.17) is 23.2 Å². The van der Waals surface area contributed by atoms with E-state index < -0.39 is 0 Å². The first-order chi connectivity index (χ1) is 14.0. The summed E-state index contributed by atoms with van der Waals surface area (Å²) < 4.78 is 2.05. The van der Waals surface area contributed by atoms with Crippen molar-refractivity contribution >= 4 is 40.9 Å². The van der Waals surface area contributed by atoms with Crippen LogP contribution in [0.1, 0.15) is 18.9 Å². The second-order valence-corrected chi connectivity index (χ2v) is 8.24. The van der Waals surface area contributed by atoms with Gasteiger partial charge in [-0.15, -0.1) is 10.2 Å². The van der Waals surface area contributed by atoms with Crippen LogP contribution in [0.25, 0.3) is 11.4 Å². The normalized spacial score (nSPS) is 10.9. The van der Waals surface area contributed by atoms with E-state index in [2.05, 4.69) is 22.1 Å². The Morgan fingerprint density at radius 2 is 1.90 bits per heavy atom. The van der Waals surface area contributed by atoms with Gasteiger partial charge in [0.2, 0.25) is 5.91 Å². The number of thioether (sulfide) groups is 1. The fourth-order valence-corrected chi connectivity index (χ4v) is 4.00. The van der Waals surface area contributed by atoms with Crippen LogP contribution in [0.2, 0.25) is 10.0 Å². The molecule has 0 N–H and O–H groups in total. The molecule has 2 heterocycles. The average molecular weight is 450 g/mol. The van der Waals surface area contributed by atoms with Crippen LogP contribution >= 0.6 is 35.0 Å². The van der Waals surface area contributed by atoms with Gasteiger partial charge in [-0.25, -0.2) is 0 Å². The van der Waals surface area contributed by atoms with E-state index in [1.54, 1.807) is 36.5 Å². The number of pyridine rings is 1. The molecule has 0 fully saturated rings. The second kappa shape index (κ2) is 10.1. The molecule has 1 aromatic carbocycles. The van der Waals surface area contributed by atoms with Crippen LogP contribution in [0.5, 0.6) is 0 Å². The standard InChI is InChI=1S/C20H21Cl2N5OS/c1-3-10-27-19(15-6-8-23-9-7-15)24-25-20(27)29-13-18(28)26(2)12-14-4-5-16(21)17(22)11-14/h4-9,11H,3,10,12-13H2,1-2H3. The number of aromatic nitrogens is 4. The Morgan fingerprint density at radius 3 is 2.59 bits per heavy atom.